The monoisotopic (exact) mass is 228 g/mol. The van der Waals surface area contributed by atoms with Gasteiger partial charge in [-0.05, 0) is 17.6 Å². The van der Waals surface area contributed by atoms with Crippen molar-refractivity contribution in [1.82, 2.24) is 0 Å². The van der Waals surface area contributed by atoms with Gasteiger partial charge in [-0.2, -0.15) is 0 Å². The lowest BCUT2D eigenvalue weighted by molar-refractivity contribution is -0.115. The first-order valence-corrected chi connectivity index (χ1v) is 6.60. The van der Waals surface area contributed by atoms with Gasteiger partial charge in [-0.3, -0.25) is 4.79 Å². The molecule has 1 aromatic rings. The van der Waals surface area contributed by atoms with Crippen LogP contribution in [0.3, 0.4) is 0 Å². The molecule has 0 saturated heterocycles. The third kappa shape index (κ3) is 4.18. The number of ketones is 1. The van der Waals surface area contributed by atoms with Gasteiger partial charge in [-0.1, -0.05) is 68.5 Å². The zero-order valence-electron chi connectivity index (χ0n) is 10.3. The molecule has 1 heteroatoms. The number of rotatable bonds is 4. The Labute approximate surface area is 104 Å². The minimum Gasteiger partial charge on any atom is -0.295 e. The largest absolute Gasteiger partial charge is 0.295 e. The summed E-state index contributed by atoms with van der Waals surface area (Å²) in [4.78, 5) is 11.8. The molecule has 1 fully saturated rings. The van der Waals surface area contributed by atoms with Crippen molar-refractivity contribution >= 4 is 11.9 Å². The summed E-state index contributed by atoms with van der Waals surface area (Å²) < 4.78 is 0. The first-order valence-electron chi connectivity index (χ1n) is 6.60. The van der Waals surface area contributed by atoms with Crippen LogP contribution >= 0.6 is 0 Å². The number of benzene rings is 1. The van der Waals surface area contributed by atoms with Gasteiger partial charge in [-0.15, -0.1) is 0 Å². The molecule has 0 N–H and O–H groups in total. The van der Waals surface area contributed by atoms with Gasteiger partial charge in [0.2, 0.25) is 0 Å². The van der Waals surface area contributed by atoms with Gasteiger partial charge in [0.15, 0.2) is 5.78 Å². The second-order valence-electron chi connectivity index (χ2n) is 4.92. The van der Waals surface area contributed by atoms with Crippen molar-refractivity contribution in [3.05, 3.63) is 42.0 Å². The first kappa shape index (κ1) is 12.1. The summed E-state index contributed by atoms with van der Waals surface area (Å²) in [6.45, 7) is 0. The molecule has 0 bridgehead atoms. The average molecular weight is 228 g/mol. The van der Waals surface area contributed by atoms with Crippen molar-refractivity contribution < 1.29 is 4.79 Å². The lowest BCUT2D eigenvalue weighted by Gasteiger charge is -2.19. The number of carbonyl (C=O) groups is 1. The SMILES string of the molecule is O=C(/C=C/c1ccccc1)CC1CCCCC1. The Hall–Kier alpha value is -1.37. The number of hydrogen-bond donors (Lipinski definition) is 0. The molecule has 17 heavy (non-hydrogen) atoms. The molecule has 1 aliphatic carbocycles. The molecule has 0 heterocycles. The summed E-state index contributed by atoms with van der Waals surface area (Å²) in [5.74, 6) is 0.914. The Bertz CT molecular complexity index is 372. The summed E-state index contributed by atoms with van der Waals surface area (Å²) >= 11 is 0. The minimum atomic E-state index is 0.278. The molecule has 90 valence electrons. The van der Waals surface area contributed by atoms with E-state index in [0.29, 0.717) is 5.92 Å². The highest BCUT2D eigenvalue weighted by Gasteiger charge is 2.15. The fourth-order valence-corrected chi connectivity index (χ4v) is 2.50. The van der Waals surface area contributed by atoms with Crippen molar-refractivity contribution in [3.63, 3.8) is 0 Å². The van der Waals surface area contributed by atoms with E-state index >= 15 is 0 Å². The van der Waals surface area contributed by atoms with Crippen LogP contribution in [-0.2, 0) is 4.79 Å². The molecule has 1 aliphatic rings. The van der Waals surface area contributed by atoms with E-state index in [4.69, 9.17) is 0 Å². The number of allylic oxidation sites excluding steroid dienone is 1. The van der Waals surface area contributed by atoms with Crippen molar-refractivity contribution in [3.8, 4) is 0 Å². The van der Waals surface area contributed by atoms with Gasteiger partial charge in [0.1, 0.15) is 0 Å². The van der Waals surface area contributed by atoms with Crippen molar-refractivity contribution in [1.29, 1.82) is 0 Å². The molecule has 1 nitrogen and oxygen atoms in total. The van der Waals surface area contributed by atoms with Crippen molar-refractivity contribution in [2.45, 2.75) is 38.5 Å². The van der Waals surface area contributed by atoms with E-state index in [1.165, 1.54) is 32.1 Å². The summed E-state index contributed by atoms with van der Waals surface area (Å²) in [5, 5.41) is 0. The lowest BCUT2D eigenvalue weighted by Crippen LogP contribution is -2.10. The van der Waals surface area contributed by atoms with Gasteiger partial charge < -0.3 is 0 Å². The zero-order chi connectivity index (χ0) is 11.9. The smallest absolute Gasteiger partial charge is 0.155 e. The van der Waals surface area contributed by atoms with E-state index in [9.17, 15) is 4.79 Å². The van der Waals surface area contributed by atoms with Crippen molar-refractivity contribution in [2.75, 3.05) is 0 Å². The van der Waals surface area contributed by atoms with E-state index in [-0.39, 0.29) is 5.78 Å². The quantitative estimate of drug-likeness (QED) is 0.704. The van der Waals surface area contributed by atoms with E-state index in [1.54, 1.807) is 6.08 Å². The van der Waals surface area contributed by atoms with Crippen LogP contribution in [0.15, 0.2) is 36.4 Å². The van der Waals surface area contributed by atoms with Crippen LogP contribution < -0.4 is 0 Å². The highest BCUT2D eigenvalue weighted by Crippen LogP contribution is 2.26. The van der Waals surface area contributed by atoms with E-state index in [2.05, 4.69) is 0 Å². The summed E-state index contributed by atoms with van der Waals surface area (Å²) in [6.07, 6.45) is 10.8. The van der Waals surface area contributed by atoms with Gasteiger partial charge in [0, 0.05) is 6.42 Å². The van der Waals surface area contributed by atoms with Crippen LogP contribution in [0.4, 0.5) is 0 Å². The zero-order valence-corrected chi connectivity index (χ0v) is 10.3. The number of carbonyl (C=O) groups excluding carboxylic acids is 1. The Morgan fingerprint density at radius 1 is 1.12 bits per heavy atom. The molecule has 0 amide bonds. The van der Waals surface area contributed by atoms with Gasteiger partial charge in [-0.25, -0.2) is 0 Å². The molecule has 1 aromatic carbocycles. The van der Waals surface area contributed by atoms with E-state index in [1.807, 2.05) is 36.4 Å². The summed E-state index contributed by atoms with van der Waals surface area (Å²) in [6, 6.07) is 10.0. The Balaban J connectivity index is 1.82. The van der Waals surface area contributed by atoms with Crippen LogP contribution in [-0.4, -0.2) is 5.78 Å². The minimum absolute atomic E-state index is 0.278. The van der Waals surface area contributed by atoms with E-state index in [0.717, 1.165) is 12.0 Å². The molecular weight excluding hydrogens is 208 g/mol. The molecular formula is C16H20O. The summed E-state index contributed by atoms with van der Waals surface area (Å²) in [7, 11) is 0. The van der Waals surface area contributed by atoms with Crippen molar-refractivity contribution in [2.24, 2.45) is 5.92 Å². The molecule has 0 aliphatic heterocycles. The molecule has 0 atom stereocenters. The van der Waals surface area contributed by atoms with E-state index < -0.39 is 0 Å². The highest BCUT2D eigenvalue weighted by molar-refractivity contribution is 5.93. The molecule has 0 unspecified atom stereocenters. The Kier molecular flexibility index (Phi) is 4.54. The van der Waals surface area contributed by atoms with Crippen LogP contribution in [0.1, 0.15) is 44.1 Å². The predicted octanol–water partition coefficient (Wildman–Crippen LogP) is 4.24. The van der Waals surface area contributed by atoms with Crippen LogP contribution in [0.5, 0.6) is 0 Å². The lowest BCUT2D eigenvalue weighted by atomic mass is 9.86. The van der Waals surface area contributed by atoms with Crippen LogP contribution in [0.2, 0.25) is 0 Å². The second-order valence-corrected chi connectivity index (χ2v) is 4.92. The average Bonchev–Trinajstić information content (AvgIpc) is 2.39. The number of hydrogen-bond acceptors (Lipinski definition) is 1. The Morgan fingerprint density at radius 2 is 1.82 bits per heavy atom. The molecule has 1 saturated carbocycles. The normalized spacial score (nSPS) is 17.4. The maximum Gasteiger partial charge on any atom is 0.155 e. The van der Waals surface area contributed by atoms with Gasteiger partial charge in [0.25, 0.3) is 0 Å². The second kappa shape index (κ2) is 6.39. The maximum absolute atomic E-state index is 11.8. The molecule has 0 spiro atoms. The van der Waals surface area contributed by atoms with Crippen LogP contribution in [0.25, 0.3) is 6.08 Å². The predicted molar refractivity (Wildman–Crippen MR) is 71.7 cm³/mol. The van der Waals surface area contributed by atoms with Gasteiger partial charge in [0.05, 0.1) is 0 Å². The van der Waals surface area contributed by atoms with Crippen LogP contribution in [0, 0.1) is 5.92 Å². The highest BCUT2D eigenvalue weighted by atomic mass is 16.1. The first-order chi connectivity index (χ1) is 8.34. The fraction of sp³-hybridized carbons (Fsp3) is 0.438. The fourth-order valence-electron chi connectivity index (χ4n) is 2.50. The summed E-state index contributed by atoms with van der Waals surface area (Å²) in [5.41, 5.74) is 1.10. The maximum atomic E-state index is 11.8. The third-order valence-corrected chi connectivity index (χ3v) is 3.48. The molecule has 0 aromatic heterocycles. The van der Waals surface area contributed by atoms with Gasteiger partial charge >= 0.3 is 0 Å². The topological polar surface area (TPSA) is 17.1 Å². The standard InChI is InChI=1S/C16H20O/c17-16(13-15-9-5-2-6-10-15)12-11-14-7-3-1-4-8-14/h1,3-4,7-8,11-12,15H,2,5-6,9-10,13H2/b12-11+. The molecule has 0 radical (unpaired) electrons. The third-order valence-electron chi connectivity index (χ3n) is 3.48. The Morgan fingerprint density at radius 3 is 2.53 bits per heavy atom. The molecule has 2 rings (SSSR count).